The number of nitrogens with one attached hydrogen (secondary N) is 1. The van der Waals surface area contributed by atoms with Crippen molar-refractivity contribution in [1.82, 2.24) is 10.6 Å². The van der Waals surface area contributed by atoms with Gasteiger partial charge < -0.3 is 14.2 Å². The van der Waals surface area contributed by atoms with Gasteiger partial charge in [-0.3, -0.25) is 14.4 Å². The van der Waals surface area contributed by atoms with Crippen molar-refractivity contribution in [1.29, 1.82) is 0 Å². The molecular weight excluding hydrogens is 594 g/mol. The number of carbonyl (C=O) groups excluding carboxylic acids is 3. The zero-order valence-corrected chi connectivity index (χ0v) is 24.5. The van der Waals surface area contributed by atoms with E-state index in [9.17, 15) is 14.4 Å². The first-order valence-corrected chi connectivity index (χ1v) is 14.9. The molecule has 1 fully saturated rings. The fourth-order valence-electron chi connectivity index (χ4n) is 3.41. The first kappa shape index (κ1) is 32.4. The van der Waals surface area contributed by atoms with Crippen LogP contribution in [0.5, 0.6) is 11.5 Å². The van der Waals surface area contributed by atoms with Crippen LogP contribution in [0.4, 0.5) is 0 Å². The molecule has 0 bridgehead atoms. The van der Waals surface area contributed by atoms with Gasteiger partial charge in [0.15, 0.2) is 0 Å². The van der Waals surface area contributed by atoms with Crippen molar-refractivity contribution in [3.63, 3.8) is 0 Å². The lowest BCUT2D eigenvalue weighted by Crippen LogP contribution is -2.34. The fraction of sp³-hybridized carbons (Fsp3) is 0.308. The maximum atomic E-state index is 12.1. The van der Waals surface area contributed by atoms with Gasteiger partial charge in [-0.2, -0.15) is 0 Å². The van der Waals surface area contributed by atoms with Crippen LogP contribution in [0.2, 0.25) is 0 Å². The number of nitrogens with two attached hydrogens (primary N) is 1. The first-order valence-electron chi connectivity index (χ1n) is 12.3. The second kappa shape index (κ2) is 17.6. The SMILES string of the molecule is COONN1CCCC1.NOCOC(=O)c1ccccc1OC(=O)CCC(=O)Oc1ccc(-c2cc(=S)ss2)cc1. The van der Waals surface area contributed by atoms with Crippen molar-refractivity contribution in [2.45, 2.75) is 25.7 Å². The van der Waals surface area contributed by atoms with Gasteiger partial charge in [-0.1, -0.05) is 45.0 Å². The average molecular weight is 624 g/mol. The van der Waals surface area contributed by atoms with Gasteiger partial charge >= 0.3 is 17.9 Å². The number of hydrogen-bond acceptors (Lipinski definition) is 15. The Labute approximate surface area is 248 Å². The molecular formula is C26H29N3O9S3. The highest BCUT2D eigenvalue weighted by molar-refractivity contribution is 7.80. The fourth-order valence-corrected chi connectivity index (χ4v) is 5.81. The maximum absolute atomic E-state index is 12.1. The van der Waals surface area contributed by atoms with E-state index in [4.69, 9.17) is 32.3 Å². The highest BCUT2D eigenvalue weighted by atomic mass is 32.9. The molecule has 0 unspecified atom stereocenters. The minimum absolute atomic E-state index is 0.000194. The molecule has 1 saturated heterocycles. The van der Waals surface area contributed by atoms with E-state index >= 15 is 0 Å². The molecule has 15 heteroatoms. The van der Waals surface area contributed by atoms with Gasteiger partial charge in [0.2, 0.25) is 6.79 Å². The first-order chi connectivity index (χ1) is 19.9. The number of nitrogens with zero attached hydrogens (tertiary/aromatic N) is 1. The van der Waals surface area contributed by atoms with Gasteiger partial charge in [0, 0.05) is 18.0 Å². The predicted molar refractivity (Wildman–Crippen MR) is 153 cm³/mol. The van der Waals surface area contributed by atoms with E-state index < -0.39 is 24.7 Å². The Bertz CT molecular complexity index is 1330. The largest absolute Gasteiger partial charge is 0.433 e. The molecule has 0 saturated carbocycles. The van der Waals surface area contributed by atoms with Crippen molar-refractivity contribution < 1.29 is 43.3 Å². The van der Waals surface area contributed by atoms with E-state index in [2.05, 4.69) is 20.3 Å². The second-order valence-corrected chi connectivity index (χ2v) is 11.1. The lowest BCUT2D eigenvalue weighted by molar-refractivity contribution is -0.351. The molecule has 1 aromatic heterocycles. The van der Waals surface area contributed by atoms with E-state index in [1.165, 1.54) is 42.4 Å². The van der Waals surface area contributed by atoms with E-state index in [0.717, 1.165) is 27.4 Å². The molecule has 0 atom stereocenters. The molecule has 41 heavy (non-hydrogen) atoms. The number of hydrazine groups is 1. The number of benzene rings is 2. The summed E-state index contributed by atoms with van der Waals surface area (Å²) in [4.78, 5) is 50.3. The Morgan fingerprint density at radius 1 is 0.976 bits per heavy atom. The minimum Gasteiger partial charge on any atom is -0.433 e. The van der Waals surface area contributed by atoms with E-state index in [1.54, 1.807) is 34.6 Å². The van der Waals surface area contributed by atoms with Crippen LogP contribution in [0.3, 0.4) is 0 Å². The molecule has 0 amide bonds. The van der Waals surface area contributed by atoms with Gasteiger partial charge in [0.05, 0.1) is 20.0 Å². The Morgan fingerprint density at radius 2 is 1.66 bits per heavy atom. The number of esters is 3. The lowest BCUT2D eigenvalue weighted by atomic mass is 10.2. The third kappa shape index (κ3) is 11.3. The quantitative estimate of drug-likeness (QED) is 0.0552. The molecule has 1 aliphatic rings. The molecule has 12 nitrogen and oxygen atoms in total. The zero-order valence-electron chi connectivity index (χ0n) is 22.1. The molecule has 3 N–H and O–H groups in total. The third-order valence-corrected chi connectivity index (χ3v) is 8.22. The number of carbonyl (C=O) groups is 3. The van der Waals surface area contributed by atoms with Crippen LogP contribution in [-0.2, 0) is 29.0 Å². The molecule has 2 aromatic carbocycles. The van der Waals surface area contributed by atoms with Crippen molar-refractivity contribution >= 4 is 50.8 Å². The van der Waals surface area contributed by atoms with Crippen molar-refractivity contribution in [2.24, 2.45) is 5.90 Å². The van der Waals surface area contributed by atoms with Gasteiger partial charge in [0.1, 0.15) is 20.9 Å². The summed E-state index contributed by atoms with van der Waals surface area (Å²) in [6.45, 7) is 1.64. The Morgan fingerprint density at radius 3 is 2.29 bits per heavy atom. The monoisotopic (exact) mass is 623 g/mol. The smallest absolute Gasteiger partial charge is 0.344 e. The summed E-state index contributed by atoms with van der Waals surface area (Å²) < 4.78 is 16.0. The van der Waals surface area contributed by atoms with Crippen LogP contribution in [0, 0.1) is 3.82 Å². The number of para-hydroxylation sites is 1. The molecule has 2 heterocycles. The van der Waals surface area contributed by atoms with Crippen LogP contribution in [-0.4, -0.2) is 49.9 Å². The summed E-state index contributed by atoms with van der Waals surface area (Å²) in [5.41, 5.74) is 3.64. The van der Waals surface area contributed by atoms with Crippen LogP contribution in [0.25, 0.3) is 10.4 Å². The van der Waals surface area contributed by atoms with E-state index in [-0.39, 0.29) is 24.2 Å². The minimum atomic E-state index is -0.770. The highest BCUT2D eigenvalue weighted by Crippen LogP contribution is 2.30. The summed E-state index contributed by atoms with van der Waals surface area (Å²) in [6.07, 6.45) is 2.05. The van der Waals surface area contributed by atoms with Crippen molar-refractivity contribution in [3.8, 4) is 21.9 Å². The van der Waals surface area contributed by atoms with Crippen LogP contribution in [0.1, 0.15) is 36.0 Å². The average Bonchev–Trinajstić information content (AvgIpc) is 3.67. The molecule has 0 radical (unpaired) electrons. The molecule has 1 aliphatic heterocycles. The lowest BCUT2D eigenvalue weighted by Gasteiger charge is -2.12. The van der Waals surface area contributed by atoms with E-state index in [1.807, 2.05) is 23.2 Å². The van der Waals surface area contributed by atoms with Gasteiger partial charge in [-0.15, -0.1) is 10.6 Å². The van der Waals surface area contributed by atoms with Gasteiger partial charge in [-0.25, -0.2) is 20.6 Å². The highest BCUT2D eigenvalue weighted by Gasteiger charge is 2.17. The molecule has 220 valence electrons. The number of ether oxygens (including phenoxy) is 3. The third-order valence-electron chi connectivity index (χ3n) is 5.31. The molecule has 0 aliphatic carbocycles. The summed E-state index contributed by atoms with van der Waals surface area (Å²) >= 11 is 5.13. The summed E-state index contributed by atoms with van der Waals surface area (Å²) in [5, 5.41) is 1.98. The normalized spacial score (nSPS) is 12.7. The second-order valence-electron chi connectivity index (χ2n) is 8.21. The number of hydrogen-bond donors (Lipinski definition) is 2. The van der Waals surface area contributed by atoms with Gasteiger partial charge in [0.25, 0.3) is 0 Å². The van der Waals surface area contributed by atoms with Crippen LogP contribution < -0.4 is 21.0 Å². The number of rotatable bonds is 12. The summed E-state index contributed by atoms with van der Waals surface area (Å²) in [5.74, 6) is 3.12. The molecule has 4 rings (SSSR count). The molecule has 0 spiro atoms. The van der Waals surface area contributed by atoms with Gasteiger partial charge in [-0.05, 0) is 60.9 Å². The topological polar surface area (TPSA) is 148 Å². The van der Waals surface area contributed by atoms with Crippen molar-refractivity contribution in [2.75, 3.05) is 27.0 Å². The van der Waals surface area contributed by atoms with Crippen LogP contribution >= 0.6 is 32.9 Å². The van der Waals surface area contributed by atoms with Crippen LogP contribution in [0.15, 0.2) is 54.6 Å². The Kier molecular flexibility index (Phi) is 13.9. The standard InChI is InChI=1S/C21H17NO7S3.C5H12N2O2/c22-27-12-26-21(25)15-3-1-2-4-16(15)29-19(24)10-9-18(23)28-14-7-5-13(6-8-14)17-11-20(30)32-31-17;1-8-9-6-7-4-2-3-5-7/h1-8,11H,9-10,12,22H2;6H,2-5H2,1H3. The van der Waals surface area contributed by atoms with Crippen molar-refractivity contribution in [3.05, 3.63) is 64.0 Å². The maximum Gasteiger partial charge on any atom is 0.344 e. The summed E-state index contributed by atoms with van der Waals surface area (Å²) in [6, 6.07) is 14.9. The zero-order chi connectivity index (χ0) is 29.5. The summed E-state index contributed by atoms with van der Waals surface area (Å²) in [7, 11) is 4.57. The Hall–Kier alpha value is -3.12. The predicted octanol–water partition coefficient (Wildman–Crippen LogP) is 4.58. The van der Waals surface area contributed by atoms with E-state index in [0.29, 0.717) is 5.75 Å². The Balaban J connectivity index is 0.000000436. The molecule has 3 aromatic rings.